The number of aromatic nitrogens is 3. The van der Waals surface area contributed by atoms with E-state index in [0.29, 0.717) is 25.2 Å². The normalized spacial score (nSPS) is 12.5. The molecule has 7 nitrogen and oxygen atoms in total. The molecule has 158 valence electrons. The molecule has 8 heteroatoms. The maximum absolute atomic E-state index is 13.5. The summed E-state index contributed by atoms with van der Waals surface area (Å²) in [4.78, 5) is 21.2. The van der Waals surface area contributed by atoms with E-state index in [-0.39, 0.29) is 12.7 Å². The van der Waals surface area contributed by atoms with Gasteiger partial charge in [-0.1, -0.05) is 12.1 Å². The van der Waals surface area contributed by atoms with Crippen molar-refractivity contribution in [2.45, 2.75) is 26.9 Å². The van der Waals surface area contributed by atoms with Crippen molar-refractivity contribution in [2.75, 3.05) is 13.3 Å². The Morgan fingerprint density at radius 3 is 2.90 bits per heavy atom. The summed E-state index contributed by atoms with van der Waals surface area (Å²) in [5.74, 6) is 1.42. The smallest absolute Gasteiger partial charge is 0.255 e. The molecule has 0 N–H and O–H groups in total. The summed E-state index contributed by atoms with van der Waals surface area (Å²) in [7, 11) is 0. The highest BCUT2D eigenvalue weighted by molar-refractivity contribution is 7.09. The van der Waals surface area contributed by atoms with Gasteiger partial charge < -0.3 is 14.4 Å². The van der Waals surface area contributed by atoms with Crippen LogP contribution in [0.4, 0.5) is 0 Å². The number of carbonyl (C=O) groups is 1. The number of hydrogen-bond donors (Lipinski definition) is 0. The highest BCUT2D eigenvalue weighted by Gasteiger charge is 2.22. The molecule has 3 aromatic heterocycles. The van der Waals surface area contributed by atoms with Gasteiger partial charge in [-0.3, -0.25) is 4.79 Å². The molecule has 0 atom stereocenters. The van der Waals surface area contributed by atoms with Crippen LogP contribution < -0.4 is 9.47 Å². The fourth-order valence-electron chi connectivity index (χ4n) is 3.77. The van der Waals surface area contributed by atoms with Crippen LogP contribution in [-0.4, -0.2) is 38.9 Å². The molecule has 4 aromatic rings. The molecule has 0 fully saturated rings. The zero-order chi connectivity index (χ0) is 21.4. The lowest BCUT2D eigenvalue weighted by Crippen LogP contribution is -2.30. The third-order valence-corrected chi connectivity index (χ3v) is 6.19. The van der Waals surface area contributed by atoms with Crippen molar-refractivity contribution in [3.8, 4) is 11.5 Å². The van der Waals surface area contributed by atoms with Crippen molar-refractivity contribution >= 4 is 28.3 Å². The van der Waals surface area contributed by atoms with Crippen LogP contribution in [0.5, 0.6) is 11.5 Å². The Kier molecular flexibility index (Phi) is 5.07. The molecule has 1 aliphatic heterocycles. The number of hydrogen-bond acceptors (Lipinski definition) is 6. The molecule has 1 aromatic carbocycles. The predicted molar refractivity (Wildman–Crippen MR) is 119 cm³/mol. The molecule has 0 bridgehead atoms. The van der Waals surface area contributed by atoms with Crippen LogP contribution in [0.25, 0.3) is 11.0 Å². The van der Waals surface area contributed by atoms with Gasteiger partial charge in [0.05, 0.1) is 23.7 Å². The maximum Gasteiger partial charge on any atom is 0.255 e. The van der Waals surface area contributed by atoms with Gasteiger partial charge in [0.1, 0.15) is 0 Å². The standard InChI is InChI=1S/C23H22N4O3S/c1-3-26(12-16-6-7-20-21(10-16)30-14-29-20)23(28)18-9-15(2)25-22-19(18)11-24-27(22)13-17-5-4-8-31-17/h4-11H,3,12-14H2,1-2H3. The Balaban J connectivity index is 1.45. The average molecular weight is 435 g/mol. The summed E-state index contributed by atoms with van der Waals surface area (Å²) in [6, 6.07) is 11.7. The van der Waals surface area contributed by atoms with Gasteiger partial charge in [-0.2, -0.15) is 5.10 Å². The summed E-state index contributed by atoms with van der Waals surface area (Å²) in [6.07, 6.45) is 1.75. The third-order valence-electron chi connectivity index (χ3n) is 5.33. The summed E-state index contributed by atoms with van der Waals surface area (Å²) in [6.45, 7) is 5.83. The van der Waals surface area contributed by atoms with Gasteiger partial charge in [0.15, 0.2) is 17.1 Å². The molecule has 31 heavy (non-hydrogen) atoms. The zero-order valence-corrected chi connectivity index (χ0v) is 18.2. The second-order valence-electron chi connectivity index (χ2n) is 7.44. The van der Waals surface area contributed by atoms with E-state index in [1.54, 1.807) is 17.5 Å². The van der Waals surface area contributed by atoms with Crippen LogP contribution in [0.1, 0.15) is 33.4 Å². The number of nitrogens with zero attached hydrogens (tertiary/aromatic N) is 4. The first-order valence-electron chi connectivity index (χ1n) is 10.2. The molecule has 0 unspecified atom stereocenters. The van der Waals surface area contributed by atoms with Crippen molar-refractivity contribution in [3.05, 3.63) is 69.7 Å². The SMILES string of the molecule is CCN(Cc1ccc2c(c1)OCO2)C(=O)c1cc(C)nc2c1cnn2Cc1cccs1. The van der Waals surface area contributed by atoms with Crippen molar-refractivity contribution in [1.29, 1.82) is 0 Å². The monoisotopic (exact) mass is 434 g/mol. The Hall–Kier alpha value is -3.39. The molecular weight excluding hydrogens is 412 g/mol. The first kappa shape index (κ1) is 19.6. The predicted octanol–water partition coefficient (Wildman–Crippen LogP) is 4.24. The van der Waals surface area contributed by atoms with Crippen LogP contribution in [0.2, 0.25) is 0 Å². The average Bonchev–Trinajstić information content (AvgIpc) is 3.53. The number of ether oxygens (including phenoxy) is 2. The minimum absolute atomic E-state index is 0.0358. The van der Waals surface area contributed by atoms with Crippen LogP contribution in [0, 0.1) is 6.92 Å². The minimum Gasteiger partial charge on any atom is -0.454 e. The van der Waals surface area contributed by atoms with E-state index in [1.165, 1.54) is 4.88 Å². The van der Waals surface area contributed by atoms with Crippen LogP contribution >= 0.6 is 11.3 Å². The Bertz CT molecular complexity index is 1250. The fourth-order valence-corrected chi connectivity index (χ4v) is 4.46. The molecule has 0 radical (unpaired) electrons. The van der Waals surface area contributed by atoms with E-state index >= 15 is 0 Å². The van der Waals surface area contributed by atoms with E-state index in [2.05, 4.69) is 16.1 Å². The highest BCUT2D eigenvalue weighted by atomic mass is 32.1. The Labute approximate surface area is 183 Å². The molecule has 0 saturated carbocycles. The van der Waals surface area contributed by atoms with Crippen LogP contribution in [-0.2, 0) is 13.1 Å². The number of rotatable bonds is 6. The number of carbonyl (C=O) groups excluding carboxylic acids is 1. The Morgan fingerprint density at radius 1 is 1.23 bits per heavy atom. The molecule has 0 spiro atoms. The van der Waals surface area contributed by atoms with Gasteiger partial charge in [-0.05, 0) is 49.1 Å². The summed E-state index contributed by atoms with van der Waals surface area (Å²) in [5, 5.41) is 7.34. The molecular formula is C23H22N4O3S. The van der Waals surface area contributed by atoms with E-state index in [0.717, 1.165) is 33.8 Å². The van der Waals surface area contributed by atoms with Gasteiger partial charge >= 0.3 is 0 Å². The van der Waals surface area contributed by atoms with Gasteiger partial charge in [0, 0.05) is 23.7 Å². The summed E-state index contributed by atoms with van der Waals surface area (Å²) in [5.41, 5.74) is 3.15. The number of pyridine rings is 1. The largest absolute Gasteiger partial charge is 0.454 e. The number of fused-ring (bicyclic) bond motifs is 2. The molecule has 5 rings (SSSR count). The minimum atomic E-state index is -0.0358. The second kappa shape index (κ2) is 8.03. The van der Waals surface area contributed by atoms with Crippen molar-refractivity contribution in [1.82, 2.24) is 19.7 Å². The summed E-state index contributed by atoms with van der Waals surface area (Å²) < 4.78 is 12.7. The lowest BCUT2D eigenvalue weighted by atomic mass is 10.1. The van der Waals surface area contributed by atoms with E-state index in [1.807, 2.05) is 59.1 Å². The molecule has 1 amide bonds. The maximum atomic E-state index is 13.5. The first-order chi connectivity index (χ1) is 15.1. The molecule has 1 aliphatic rings. The van der Waals surface area contributed by atoms with E-state index in [4.69, 9.17) is 9.47 Å². The zero-order valence-electron chi connectivity index (χ0n) is 17.4. The Morgan fingerprint density at radius 2 is 2.10 bits per heavy atom. The van der Waals surface area contributed by atoms with Gasteiger partial charge in [0.25, 0.3) is 5.91 Å². The van der Waals surface area contributed by atoms with Crippen molar-refractivity contribution in [3.63, 3.8) is 0 Å². The molecule has 0 saturated heterocycles. The quantitative estimate of drug-likeness (QED) is 0.454. The van der Waals surface area contributed by atoms with E-state index < -0.39 is 0 Å². The highest BCUT2D eigenvalue weighted by Crippen LogP contribution is 2.33. The number of benzene rings is 1. The van der Waals surface area contributed by atoms with Crippen molar-refractivity contribution in [2.24, 2.45) is 0 Å². The molecule has 0 aliphatic carbocycles. The lowest BCUT2D eigenvalue weighted by Gasteiger charge is -2.22. The number of thiophene rings is 1. The number of aryl methyl sites for hydroxylation is 1. The van der Waals surface area contributed by atoms with Crippen LogP contribution in [0.3, 0.4) is 0 Å². The summed E-state index contributed by atoms with van der Waals surface area (Å²) >= 11 is 1.68. The topological polar surface area (TPSA) is 69.5 Å². The number of amides is 1. The third kappa shape index (κ3) is 3.74. The molecule has 4 heterocycles. The van der Waals surface area contributed by atoms with Gasteiger partial charge in [0.2, 0.25) is 6.79 Å². The van der Waals surface area contributed by atoms with Gasteiger partial charge in [-0.25, -0.2) is 9.67 Å². The first-order valence-corrected chi connectivity index (χ1v) is 11.0. The van der Waals surface area contributed by atoms with E-state index in [9.17, 15) is 4.79 Å². The van der Waals surface area contributed by atoms with Gasteiger partial charge in [-0.15, -0.1) is 11.3 Å². The van der Waals surface area contributed by atoms with Crippen molar-refractivity contribution < 1.29 is 14.3 Å². The van der Waals surface area contributed by atoms with Crippen LogP contribution in [0.15, 0.2) is 48.0 Å². The lowest BCUT2D eigenvalue weighted by molar-refractivity contribution is 0.0754. The second-order valence-corrected chi connectivity index (χ2v) is 8.47. The fraction of sp³-hybridized carbons (Fsp3) is 0.261.